The second kappa shape index (κ2) is 15.4. The van der Waals surface area contributed by atoms with Crippen LogP contribution in [0.4, 0.5) is 0 Å². The number of aromatic amines is 1. The Kier molecular flexibility index (Phi) is 13.4. The number of hydrogen-bond acceptors (Lipinski definition) is 7. The van der Waals surface area contributed by atoms with E-state index < -0.39 is 47.9 Å². The number of nitrogens with two attached hydrogens (primary N) is 1. The van der Waals surface area contributed by atoms with Crippen molar-refractivity contribution < 1.29 is 24.3 Å². The molecule has 3 amide bonds. The van der Waals surface area contributed by atoms with E-state index in [4.69, 9.17) is 5.73 Å². The molecule has 0 bridgehead atoms. The first kappa shape index (κ1) is 30.4. The third-order valence-electron chi connectivity index (χ3n) is 5.24. The molecule has 12 heteroatoms. The van der Waals surface area contributed by atoms with Gasteiger partial charge in [-0.05, 0) is 43.1 Å². The standard InChI is InChI=1S/C23H40N6O5S/c1-13(2)8-16(24)20(30)28-19(10-15-11-25-12-26-15)22(32)29-18(9-14(3)4)21(31)27-17(23(33)34)6-7-35-5/h11-14,16-19H,6-10,24H2,1-5H3,(H,25,26)(H,27,31)(H,28,30)(H,29,32)(H,33,34). The molecule has 35 heavy (non-hydrogen) atoms. The fourth-order valence-electron chi connectivity index (χ4n) is 3.46. The van der Waals surface area contributed by atoms with E-state index >= 15 is 0 Å². The lowest BCUT2D eigenvalue weighted by Gasteiger charge is -2.26. The first-order valence-corrected chi connectivity index (χ1v) is 13.2. The molecule has 0 saturated carbocycles. The number of carbonyl (C=O) groups excluding carboxylic acids is 3. The van der Waals surface area contributed by atoms with Crippen LogP contribution < -0.4 is 21.7 Å². The van der Waals surface area contributed by atoms with Crippen molar-refractivity contribution in [2.75, 3.05) is 12.0 Å². The van der Waals surface area contributed by atoms with Crippen molar-refractivity contribution in [3.8, 4) is 0 Å². The zero-order valence-corrected chi connectivity index (χ0v) is 22.0. The third kappa shape index (κ3) is 11.6. The van der Waals surface area contributed by atoms with Gasteiger partial charge in [-0.25, -0.2) is 9.78 Å². The van der Waals surface area contributed by atoms with Gasteiger partial charge >= 0.3 is 5.97 Å². The van der Waals surface area contributed by atoms with Crippen LogP contribution in [0.1, 0.15) is 52.7 Å². The third-order valence-corrected chi connectivity index (χ3v) is 5.88. The highest BCUT2D eigenvalue weighted by atomic mass is 32.2. The van der Waals surface area contributed by atoms with Crippen molar-refractivity contribution in [2.24, 2.45) is 17.6 Å². The van der Waals surface area contributed by atoms with Crippen molar-refractivity contribution in [3.05, 3.63) is 18.2 Å². The smallest absolute Gasteiger partial charge is 0.326 e. The number of aliphatic carboxylic acids is 1. The Morgan fingerprint density at radius 3 is 2.06 bits per heavy atom. The minimum Gasteiger partial charge on any atom is -0.480 e. The number of nitrogens with one attached hydrogen (secondary N) is 4. The summed E-state index contributed by atoms with van der Waals surface area (Å²) in [6.45, 7) is 7.68. The van der Waals surface area contributed by atoms with Gasteiger partial charge in [0.15, 0.2) is 0 Å². The predicted octanol–water partition coefficient (Wildman–Crippen LogP) is 0.664. The summed E-state index contributed by atoms with van der Waals surface area (Å²) < 4.78 is 0. The van der Waals surface area contributed by atoms with Crippen LogP contribution in [0, 0.1) is 11.8 Å². The maximum atomic E-state index is 13.2. The minimum absolute atomic E-state index is 0.0423. The highest BCUT2D eigenvalue weighted by molar-refractivity contribution is 7.98. The molecule has 7 N–H and O–H groups in total. The van der Waals surface area contributed by atoms with Crippen LogP contribution in [-0.4, -0.2) is 74.9 Å². The molecule has 0 spiro atoms. The summed E-state index contributed by atoms with van der Waals surface area (Å²) >= 11 is 1.48. The van der Waals surface area contributed by atoms with Crippen LogP contribution in [0.5, 0.6) is 0 Å². The summed E-state index contributed by atoms with van der Waals surface area (Å²) in [5.74, 6) is -1.95. The number of carboxylic acid groups (broad SMARTS) is 1. The van der Waals surface area contributed by atoms with Gasteiger partial charge in [0.25, 0.3) is 0 Å². The molecule has 198 valence electrons. The van der Waals surface area contributed by atoms with Gasteiger partial charge in [-0.2, -0.15) is 11.8 Å². The van der Waals surface area contributed by atoms with Crippen molar-refractivity contribution in [3.63, 3.8) is 0 Å². The van der Waals surface area contributed by atoms with Crippen LogP contribution in [0.3, 0.4) is 0 Å². The molecule has 0 fully saturated rings. The summed E-state index contributed by atoms with van der Waals surface area (Å²) in [5, 5.41) is 17.4. The molecular weight excluding hydrogens is 472 g/mol. The van der Waals surface area contributed by atoms with Gasteiger partial charge in [0.2, 0.25) is 17.7 Å². The largest absolute Gasteiger partial charge is 0.480 e. The molecule has 1 heterocycles. The van der Waals surface area contributed by atoms with Crippen LogP contribution in [0.2, 0.25) is 0 Å². The van der Waals surface area contributed by atoms with Crippen molar-refractivity contribution in [2.45, 2.75) is 77.5 Å². The molecule has 11 nitrogen and oxygen atoms in total. The number of amides is 3. The average Bonchev–Trinajstić information content (AvgIpc) is 3.27. The van der Waals surface area contributed by atoms with Crippen LogP contribution in [0.25, 0.3) is 0 Å². The first-order valence-electron chi connectivity index (χ1n) is 11.8. The number of nitrogens with zero attached hydrogens (tertiary/aromatic N) is 1. The fourth-order valence-corrected chi connectivity index (χ4v) is 3.93. The van der Waals surface area contributed by atoms with E-state index in [1.807, 2.05) is 34.0 Å². The predicted molar refractivity (Wildman–Crippen MR) is 136 cm³/mol. The fraction of sp³-hybridized carbons (Fsp3) is 0.696. The number of thioether (sulfide) groups is 1. The van der Waals surface area contributed by atoms with Gasteiger partial charge in [0.05, 0.1) is 12.4 Å². The molecule has 1 aromatic rings. The molecule has 1 rings (SSSR count). The molecule has 4 unspecified atom stereocenters. The summed E-state index contributed by atoms with van der Waals surface area (Å²) in [6.07, 6.45) is 5.99. The molecule has 0 aliphatic carbocycles. The normalized spacial score (nSPS) is 14.7. The molecule has 0 aromatic carbocycles. The van der Waals surface area contributed by atoms with E-state index in [1.54, 1.807) is 6.20 Å². The van der Waals surface area contributed by atoms with Crippen molar-refractivity contribution in [1.82, 2.24) is 25.9 Å². The zero-order valence-electron chi connectivity index (χ0n) is 21.2. The van der Waals surface area contributed by atoms with Crippen molar-refractivity contribution in [1.29, 1.82) is 0 Å². The van der Waals surface area contributed by atoms with Gasteiger partial charge in [0, 0.05) is 18.3 Å². The van der Waals surface area contributed by atoms with Gasteiger partial charge in [-0.3, -0.25) is 14.4 Å². The lowest BCUT2D eigenvalue weighted by atomic mass is 10.0. The highest BCUT2D eigenvalue weighted by Crippen LogP contribution is 2.09. The van der Waals surface area contributed by atoms with Gasteiger partial charge in [-0.15, -0.1) is 0 Å². The van der Waals surface area contributed by atoms with E-state index in [-0.39, 0.29) is 24.7 Å². The SMILES string of the molecule is CSCCC(NC(=O)C(CC(C)C)NC(=O)C(Cc1cnc[nH]1)NC(=O)C(N)CC(C)C)C(=O)O. The van der Waals surface area contributed by atoms with Crippen LogP contribution >= 0.6 is 11.8 Å². The van der Waals surface area contributed by atoms with Gasteiger partial charge < -0.3 is 31.8 Å². The minimum atomic E-state index is -1.13. The second-order valence-corrected chi connectivity index (χ2v) is 10.4. The van der Waals surface area contributed by atoms with E-state index in [0.717, 1.165) is 0 Å². The number of aromatic nitrogens is 2. The molecule has 0 radical (unpaired) electrons. The number of rotatable bonds is 16. The van der Waals surface area contributed by atoms with E-state index in [2.05, 4.69) is 25.9 Å². The monoisotopic (exact) mass is 512 g/mol. The summed E-state index contributed by atoms with van der Waals surface area (Å²) in [6, 6.07) is -3.81. The topological polar surface area (TPSA) is 179 Å². The average molecular weight is 513 g/mol. The zero-order chi connectivity index (χ0) is 26.5. The number of carboxylic acids is 1. The Bertz CT molecular complexity index is 817. The van der Waals surface area contributed by atoms with Crippen LogP contribution in [-0.2, 0) is 25.6 Å². The summed E-state index contributed by atoms with van der Waals surface area (Å²) in [7, 11) is 0. The Labute approximate surface area is 211 Å². The van der Waals surface area contributed by atoms with E-state index in [1.165, 1.54) is 18.1 Å². The van der Waals surface area contributed by atoms with E-state index in [0.29, 0.717) is 24.3 Å². The van der Waals surface area contributed by atoms with Crippen LogP contribution in [0.15, 0.2) is 12.5 Å². The molecule has 0 aliphatic heterocycles. The molecule has 4 atom stereocenters. The number of imidazole rings is 1. The number of H-pyrrole nitrogens is 1. The Morgan fingerprint density at radius 2 is 1.54 bits per heavy atom. The molecule has 0 aliphatic rings. The first-order chi connectivity index (χ1) is 16.4. The summed E-state index contributed by atoms with van der Waals surface area (Å²) in [5.41, 5.74) is 6.61. The van der Waals surface area contributed by atoms with Gasteiger partial charge in [-0.1, -0.05) is 27.7 Å². The number of carbonyl (C=O) groups is 4. The Balaban J connectivity index is 3.02. The molecular formula is C23H40N6O5S. The molecule has 0 saturated heterocycles. The number of hydrogen-bond donors (Lipinski definition) is 6. The maximum absolute atomic E-state index is 13.2. The Morgan fingerprint density at radius 1 is 0.971 bits per heavy atom. The maximum Gasteiger partial charge on any atom is 0.326 e. The van der Waals surface area contributed by atoms with Crippen molar-refractivity contribution >= 4 is 35.5 Å². The summed E-state index contributed by atoms with van der Waals surface area (Å²) in [4.78, 5) is 57.3. The lowest BCUT2D eigenvalue weighted by molar-refractivity contribution is -0.142. The quantitative estimate of drug-likeness (QED) is 0.187. The molecule has 1 aromatic heterocycles. The van der Waals surface area contributed by atoms with E-state index in [9.17, 15) is 24.3 Å². The second-order valence-electron chi connectivity index (χ2n) is 9.45. The van der Waals surface area contributed by atoms with Gasteiger partial charge in [0.1, 0.15) is 18.1 Å². The Hall–Kier alpha value is -2.60. The highest BCUT2D eigenvalue weighted by Gasteiger charge is 2.31. The lowest BCUT2D eigenvalue weighted by Crippen LogP contribution is -2.58.